The highest BCUT2D eigenvalue weighted by atomic mass is 35.5. The Balaban J connectivity index is 2.45. The summed E-state index contributed by atoms with van der Waals surface area (Å²) in [5.74, 6) is -0.839. The van der Waals surface area contributed by atoms with Crippen molar-refractivity contribution in [2.45, 2.75) is 25.5 Å². The molecule has 1 rings (SSSR count). The van der Waals surface area contributed by atoms with Gasteiger partial charge in [0, 0.05) is 5.25 Å². The van der Waals surface area contributed by atoms with E-state index in [0.29, 0.717) is 10.7 Å². The Labute approximate surface area is 121 Å². The van der Waals surface area contributed by atoms with Gasteiger partial charge < -0.3 is 10.4 Å². The molecule has 0 heterocycles. The first kappa shape index (κ1) is 15.9. The van der Waals surface area contributed by atoms with Gasteiger partial charge in [-0.1, -0.05) is 24.6 Å². The number of hydrogen-bond acceptors (Lipinski definition) is 3. The van der Waals surface area contributed by atoms with Gasteiger partial charge in [0.1, 0.15) is 0 Å². The van der Waals surface area contributed by atoms with Crippen molar-refractivity contribution in [3.05, 3.63) is 28.8 Å². The van der Waals surface area contributed by atoms with Crippen molar-refractivity contribution in [3.8, 4) is 0 Å². The lowest BCUT2D eigenvalue weighted by Gasteiger charge is -2.10. The standard InChI is InChI=1S/C13H16ClNO3S/c1-8-3-4-11(10(14)5-8)15-12(16)7-19-9(2)6-13(17)18/h3-5,9H,6-7H2,1-2H3,(H,15,16)(H,17,18). The molecule has 1 unspecified atom stereocenters. The molecule has 0 spiro atoms. The molecule has 0 aliphatic heterocycles. The van der Waals surface area contributed by atoms with E-state index < -0.39 is 5.97 Å². The number of aryl methyl sites for hydroxylation is 1. The Morgan fingerprint density at radius 1 is 1.47 bits per heavy atom. The van der Waals surface area contributed by atoms with Crippen LogP contribution in [-0.2, 0) is 9.59 Å². The first-order valence-electron chi connectivity index (χ1n) is 5.78. The van der Waals surface area contributed by atoms with E-state index in [4.69, 9.17) is 16.7 Å². The minimum absolute atomic E-state index is 0.0449. The second-order valence-electron chi connectivity index (χ2n) is 4.25. The van der Waals surface area contributed by atoms with Crippen LogP contribution in [0.25, 0.3) is 0 Å². The molecule has 0 bridgehead atoms. The molecule has 1 aromatic rings. The molecule has 0 aromatic heterocycles. The molecule has 1 aromatic carbocycles. The van der Waals surface area contributed by atoms with Crippen LogP contribution in [0.1, 0.15) is 18.9 Å². The number of carboxylic acids is 1. The summed E-state index contributed by atoms with van der Waals surface area (Å²) in [5, 5.41) is 11.7. The van der Waals surface area contributed by atoms with Crippen molar-refractivity contribution in [2.24, 2.45) is 0 Å². The average Bonchev–Trinajstić information content (AvgIpc) is 2.29. The maximum atomic E-state index is 11.7. The Kier molecular flexibility index (Phi) is 6.18. The van der Waals surface area contributed by atoms with Crippen LogP contribution < -0.4 is 5.32 Å². The molecule has 0 aliphatic carbocycles. The summed E-state index contributed by atoms with van der Waals surface area (Å²) < 4.78 is 0. The van der Waals surface area contributed by atoms with Crippen molar-refractivity contribution in [2.75, 3.05) is 11.1 Å². The highest BCUT2D eigenvalue weighted by Gasteiger charge is 2.11. The van der Waals surface area contributed by atoms with Gasteiger partial charge in [0.05, 0.1) is 22.9 Å². The van der Waals surface area contributed by atoms with Crippen LogP contribution in [0.2, 0.25) is 5.02 Å². The van der Waals surface area contributed by atoms with Gasteiger partial charge in [-0.15, -0.1) is 11.8 Å². The molecule has 0 aliphatic rings. The van der Waals surface area contributed by atoms with Crippen molar-refractivity contribution in [1.82, 2.24) is 0 Å². The first-order chi connectivity index (χ1) is 8.88. The summed E-state index contributed by atoms with van der Waals surface area (Å²) in [5.41, 5.74) is 1.59. The van der Waals surface area contributed by atoms with Crippen LogP contribution in [0.5, 0.6) is 0 Å². The molecular weight excluding hydrogens is 286 g/mol. The van der Waals surface area contributed by atoms with Crippen LogP contribution in [-0.4, -0.2) is 28.0 Å². The second kappa shape index (κ2) is 7.40. The van der Waals surface area contributed by atoms with E-state index in [2.05, 4.69) is 5.32 Å². The highest BCUT2D eigenvalue weighted by Crippen LogP contribution is 2.23. The SMILES string of the molecule is Cc1ccc(NC(=O)CSC(C)CC(=O)O)c(Cl)c1. The Hall–Kier alpha value is -1.20. The molecule has 0 saturated carbocycles. The van der Waals surface area contributed by atoms with Crippen molar-refractivity contribution in [1.29, 1.82) is 0 Å². The summed E-state index contributed by atoms with van der Waals surface area (Å²) in [6.45, 7) is 3.70. The van der Waals surface area contributed by atoms with Gasteiger partial charge in [-0.05, 0) is 24.6 Å². The predicted molar refractivity (Wildman–Crippen MR) is 79.0 cm³/mol. The van der Waals surface area contributed by atoms with Gasteiger partial charge in [0.15, 0.2) is 0 Å². The number of nitrogens with one attached hydrogen (secondary N) is 1. The highest BCUT2D eigenvalue weighted by molar-refractivity contribution is 8.00. The fraction of sp³-hybridized carbons (Fsp3) is 0.385. The Morgan fingerprint density at radius 3 is 2.74 bits per heavy atom. The van der Waals surface area contributed by atoms with Gasteiger partial charge in [0.25, 0.3) is 0 Å². The summed E-state index contributed by atoms with van der Waals surface area (Å²) in [7, 11) is 0. The number of thioether (sulfide) groups is 1. The molecule has 6 heteroatoms. The van der Waals surface area contributed by atoms with Crippen molar-refractivity contribution in [3.63, 3.8) is 0 Å². The molecule has 4 nitrogen and oxygen atoms in total. The zero-order chi connectivity index (χ0) is 14.4. The third kappa shape index (κ3) is 5.98. The van der Waals surface area contributed by atoms with Crippen LogP contribution in [0.15, 0.2) is 18.2 Å². The van der Waals surface area contributed by atoms with Crippen LogP contribution in [0, 0.1) is 6.92 Å². The molecule has 19 heavy (non-hydrogen) atoms. The van der Waals surface area contributed by atoms with Gasteiger partial charge >= 0.3 is 5.97 Å². The number of hydrogen-bond donors (Lipinski definition) is 2. The Bertz CT molecular complexity index is 479. The second-order valence-corrected chi connectivity index (χ2v) is 6.08. The van der Waals surface area contributed by atoms with E-state index in [1.165, 1.54) is 11.8 Å². The summed E-state index contributed by atoms with van der Waals surface area (Å²) in [4.78, 5) is 22.2. The fourth-order valence-corrected chi connectivity index (χ4v) is 2.48. The number of carboxylic acid groups (broad SMARTS) is 1. The van der Waals surface area contributed by atoms with E-state index in [0.717, 1.165) is 5.56 Å². The van der Waals surface area contributed by atoms with E-state index in [1.54, 1.807) is 19.1 Å². The predicted octanol–water partition coefficient (Wildman–Crippen LogP) is 3.18. The van der Waals surface area contributed by atoms with Gasteiger partial charge in [0.2, 0.25) is 5.91 Å². The molecule has 0 radical (unpaired) electrons. The molecule has 2 N–H and O–H groups in total. The summed E-state index contributed by atoms with van der Waals surface area (Å²) in [6.07, 6.45) is 0.0449. The molecule has 1 amide bonds. The van der Waals surface area contributed by atoms with Crippen LogP contribution in [0.3, 0.4) is 0 Å². The monoisotopic (exact) mass is 301 g/mol. The van der Waals surface area contributed by atoms with E-state index >= 15 is 0 Å². The third-order valence-corrected chi connectivity index (χ3v) is 3.84. The van der Waals surface area contributed by atoms with Crippen LogP contribution in [0.4, 0.5) is 5.69 Å². The molecule has 104 valence electrons. The van der Waals surface area contributed by atoms with E-state index in [-0.39, 0.29) is 23.3 Å². The van der Waals surface area contributed by atoms with Gasteiger partial charge in [-0.3, -0.25) is 9.59 Å². The minimum atomic E-state index is -0.859. The summed E-state index contributed by atoms with van der Waals surface area (Å²) in [6, 6.07) is 5.39. The number of benzene rings is 1. The zero-order valence-corrected chi connectivity index (χ0v) is 12.3. The third-order valence-electron chi connectivity index (χ3n) is 2.36. The topological polar surface area (TPSA) is 66.4 Å². The lowest BCUT2D eigenvalue weighted by molar-refractivity contribution is -0.136. The first-order valence-corrected chi connectivity index (χ1v) is 7.20. The van der Waals surface area contributed by atoms with E-state index in [1.807, 2.05) is 13.0 Å². The number of aliphatic carboxylic acids is 1. The quantitative estimate of drug-likeness (QED) is 0.847. The minimum Gasteiger partial charge on any atom is -0.481 e. The zero-order valence-electron chi connectivity index (χ0n) is 10.8. The lowest BCUT2D eigenvalue weighted by Crippen LogP contribution is -2.17. The maximum Gasteiger partial charge on any atom is 0.304 e. The number of carbonyl (C=O) groups excluding carboxylic acids is 1. The summed E-state index contributed by atoms with van der Waals surface area (Å²) >= 11 is 7.31. The lowest BCUT2D eigenvalue weighted by atomic mass is 10.2. The normalized spacial score (nSPS) is 11.9. The maximum absolute atomic E-state index is 11.7. The number of halogens is 1. The number of rotatable bonds is 6. The average molecular weight is 302 g/mol. The largest absolute Gasteiger partial charge is 0.481 e. The molecule has 0 fully saturated rings. The van der Waals surface area contributed by atoms with Crippen LogP contribution >= 0.6 is 23.4 Å². The van der Waals surface area contributed by atoms with Gasteiger partial charge in [-0.2, -0.15) is 0 Å². The molecule has 1 atom stereocenters. The molecular formula is C13H16ClNO3S. The molecule has 0 saturated heterocycles. The van der Waals surface area contributed by atoms with Crippen molar-refractivity contribution >= 4 is 40.9 Å². The smallest absolute Gasteiger partial charge is 0.304 e. The number of carbonyl (C=O) groups is 2. The fourth-order valence-electron chi connectivity index (χ4n) is 1.43. The van der Waals surface area contributed by atoms with E-state index in [9.17, 15) is 9.59 Å². The number of amides is 1. The Morgan fingerprint density at radius 2 is 2.16 bits per heavy atom. The number of anilines is 1. The van der Waals surface area contributed by atoms with Gasteiger partial charge in [-0.25, -0.2) is 0 Å². The van der Waals surface area contributed by atoms with Crippen molar-refractivity contribution < 1.29 is 14.7 Å².